The van der Waals surface area contributed by atoms with E-state index in [1.807, 2.05) is 72.9 Å². The lowest BCUT2D eigenvalue weighted by Gasteiger charge is -2.19. The predicted octanol–water partition coefficient (Wildman–Crippen LogP) is 5.72. The van der Waals surface area contributed by atoms with Crippen LogP contribution in [0.25, 0.3) is 10.9 Å². The minimum absolute atomic E-state index is 0.0360. The minimum atomic E-state index is -0.471. The summed E-state index contributed by atoms with van der Waals surface area (Å²) < 4.78 is 7.73. The van der Waals surface area contributed by atoms with E-state index in [2.05, 4.69) is 24.6 Å². The first kappa shape index (κ1) is 21.7. The van der Waals surface area contributed by atoms with Crippen LogP contribution in [0.3, 0.4) is 0 Å². The number of ketones is 1. The van der Waals surface area contributed by atoms with Gasteiger partial charge in [0.1, 0.15) is 11.0 Å². The quantitative estimate of drug-likeness (QED) is 0.225. The number of nitrogens with one attached hydrogen (secondary N) is 1. The van der Waals surface area contributed by atoms with Gasteiger partial charge in [0, 0.05) is 35.8 Å². The monoisotopic (exact) mass is 483 g/mol. The van der Waals surface area contributed by atoms with Crippen molar-refractivity contribution in [2.75, 3.05) is 18.0 Å². The Balaban J connectivity index is 1.40. The summed E-state index contributed by atoms with van der Waals surface area (Å²) in [7, 11) is 0. The highest BCUT2D eigenvalue weighted by atomic mass is 32.2. The van der Waals surface area contributed by atoms with Crippen LogP contribution < -0.4 is 4.90 Å². The summed E-state index contributed by atoms with van der Waals surface area (Å²) >= 11 is 1.44. The molecule has 1 saturated heterocycles. The maximum absolute atomic E-state index is 14.0. The lowest BCUT2D eigenvalue weighted by Crippen LogP contribution is -2.22. The van der Waals surface area contributed by atoms with Crippen molar-refractivity contribution in [1.82, 2.24) is 19.7 Å². The lowest BCUT2D eigenvalue weighted by molar-refractivity contribution is 0.0991. The van der Waals surface area contributed by atoms with Crippen LogP contribution in [-0.2, 0) is 6.54 Å². The molecule has 0 spiro atoms. The first-order valence-electron chi connectivity index (χ1n) is 11.8. The van der Waals surface area contributed by atoms with Crippen molar-refractivity contribution < 1.29 is 9.21 Å². The zero-order chi connectivity index (χ0) is 23.6. The number of benzene rings is 2. The Morgan fingerprint density at radius 2 is 1.80 bits per heavy atom. The van der Waals surface area contributed by atoms with Gasteiger partial charge in [0.15, 0.2) is 10.9 Å². The maximum atomic E-state index is 14.0. The second-order valence-electron chi connectivity index (χ2n) is 8.66. The number of carbonyl (C=O) groups is 1. The molecule has 6 rings (SSSR count). The van der Waals surface area contributed by atoms with E-state index < -0.39 is 5.25 Å². The fourth-order valence-corrected chi connectivity index (χ4v) is 5.74. The molecule has 8 heteroatoms. The van der Waals surface area contributed by atoms with Gasteiger partial charge in [-0.25, -0.2) is 0 Å². The van der Waals surface area contributed by atoms with Crippen LogP contribution in [0.2, 0.25) is 0 Å². The molecule has 1 fully saturated rings. The number of Topliss-reactive ketones (excluding diaryl/α,β-unsaturated/α-hetero) is 1. The molecule has 1 atom stereocenters. The van der Waals surface area contributed by atoms with Crippen molar-refractivity contribution in [3.8, 4) is 0 Å². The standard InChI is InChI=1S/C27H25N5O2S/c33-24(22-17-28-23-13-5-4-12-21(22)23)25(19-9-2-1-3-10-19)35-27-30-29-26(31-14-6-7-15-31)32(27)18-20-11-8-16-34-20/h1-5,8-13,16-17,25,28H,6-7,14-15,18H2. The van der Waals surface area contributed by atoms with E-state index in [9.17, 15) is 4.79 Å². The molecule has 0 bridgehead atoms. The van der Waals surface area contributed by atoms with Gasteiger partial charge in [-0.15, -0.1) is 10.2 Å². The Kier molecular flexibility index (Phi) is 5.88. The highest BCUT2D eigenvalue weighted by Gasteiger charge is 2.30. The number of anilines is 1. The van der Waals surface area contributed by atoms with E-state index in [0.29, 0.717) is 17.3 Å². The molecule has 0 saturated carbocycles. The molecule has 5 aromatic rings. The largest absolute Gasteiger partial charge is 0.467 e. The van der Waals surface area contributed by atoms with Crippen molar-refractivity contribution in [2.45, 2.75) is 29.8 Å². The van der Waals surface area contributed by atoms with Gasteiger partial charge in [-0.2, -0.15) is 0 Å². The van der Waals surface area contributed by atoms with Crippen LogP contribution in [0, 0.1) is 0 Å². The molecule has 176 valence electrons. The number of fused-ring (bicyclic) bond motifs is 1. The molecular weight excluding hydrogens is 458 g/mol. The van der Waals surface area contributed by atoms with Gasteiger partial charge < -0.3 is 14.3 Å². The number of hydrogen-bond donors (Lipinski definition) is 1. The van der Waals surface area contributed by atoms with Gasteiger partial charge in [-0.05, 0) is 36.6 Å². The number of thioether (sulfide) groups is 1. The Labute approximate surface area is 207 Å². The summed E-state index contributed by atoms with van der Waals surface area (Å²) in [5.41, 5.74) is 2.56. The summed E-state index contributed by atoms with van der Waals surface area (Å²) in [5.74, 6) is 1.69. The van der Waals surface area contributed by atoms with Crippen LogP contribution in [0.5, 0.6) is 0 Å². The van der Waals surface area contributed by atoms with Gasteiger partial charge in [-0.3, -0.25) is 9.36 Å². The number of aromatic amines is 1. The molecule has 1 aliphatic rings. The average Bonchev–Trinajstić information content (AvgIpc) is 3.71. The Hall–Kier alpha value is -3.78. The zero-order valence-corrected chi connectivity index (χ0v) is 19.9. The third-order valence-corrected chi connectivity index (χ3v) is 7.63. The van der Waals surface area contributed by atoms with Gasteiger partial charge in [0.25, 0.3) is 0 Å². The highest BCUT2D eigenvalue weighted by molar-refractivity contribution is 8.00. The number of hydrogen-bond acceptors (Lipinski definition) is 6. The Morgan fingerprint density at radius 3 is 2.60 bits per heavy atom. The fourth-order valence-electron chi connectivity index (χ4n) is 4.64. The third kappa shape index (κ3) is 4.25. The molecule has 35 heavy (non-hydrogen) atoms. The van der Waals surface area contributed by atoms with E-state index in [-0.39, 0.29) is 5.78 Å². The second-order valence-corrected chi connectivity index (χ2v) is 9.74. The molecule has 0 aliphatic carbocycles. The molecule has 3 aromatic heterocycles. The van der Waals surface area contributed by atoms with E-state index in [0.717, 1.165) is 54.1 Å². The van der Waals surface area contributed by atoms with E-state index >= 15 is 0 Å². The topological polar surface area (TPSA) is 80.0 Å². The van der Waals surface area contributed by atoms with Gasteiger partial charge in [-0.1, -0.05) is 60.3 Å². The number of furan rings is 1. The van der Waals surface area contributed by atoms with E-state index in [1.54, 1.807) is 6.26 Å². The van der Waals surface area contributed by atoms with Crippen molar-refractivity contribution in [3.05, 3.63) is 96.1 Å². The second kappa shape index (κ2) is 9.46. The Bertz CT molecular complexity index is 1440. The summed E-state index contributed by atoms with van der Waals surface area (Å²) in [4.78, 5) is 19.5. The number of carbonyl (C=O) groups excluding carboxylic acids is 1. The normalized spacial score (nSPS) is 14.6. The highest BCUT2D eigenvalue weighted by Crippen LogP contribution is 2.39. The Morgan fingerprint density at radius 1 is 1.00 bits per heavy atom. The van der Waals surface area contributed by atoms with Gasteiger partial charge in [0.2, 0.25) is 5.95 Å². The molecule has 7 nitrogen and oxygen atoms in total. The van der Waals surface area contributed by atoms with E-state index in [1.165, 1.54) is 11.8 Å². The SMILES string of the molecule is O=C(c1c[nH]c2ccccc12)C(Sc1nnc(N2CCCC2)n1Cc1ccco1)c1ccccc1. The first-order valence-corrected chi connectivity index (χ1v) is 12.7. The molecule has 0 amide bonds. The molecule has 4 heterocycles. The number of H-pyrrole nitrogens is 1. The molecule has 1 aliphatic heterocycles. The van der Waals surface area contributed by atoms with Crippen LogP contribution in [0.1, 0.15) is 39.8 Å². The summed E-state index contributed by atoms with van der Waals surface area (Å²) in [6.07, 6.45) is 5.77. The summed E-state index contributed by atoms with van der Waals surface area (Å²) in [6, 6.07) is 21.6. The number of para-hydroxylation sites is 1. The van der Waals surface area contributed by atoms with E-state index in [4.69, 9.17) is 4.42 Å². The molecule has 0 radical (unpaired) electrons. The fraction of sp³-hybridized carbons (Fsp3) is 0.222. The number of rotatable bonds is 8. The minimum Gasteiger partial charge on any atom is -0.467 e. The lowest BCUT2D eigenvalue weighted by atomic mass is 10.0. The van der Waals surface area contributed by atoms with Crippen molar-refractivity contribution in [3.63, 3.8) is 0 Å². The summed E-state index contributed by atoms with van der Waals surface area (Å²) in [6.45, 7) is 2.42. The molecular formula is C27H25N5O2S. The predicted molar refractivity (Wildman–Crippen MR) is 137 cm³/mol. The molecule has 1 N–H and O–H groups in total. The van der Waals surface area contributed by atoms with Gasteiger partial charge >= 0.3 is 0 Å². The van der Waals surface area contributed by atoms with Crippen molar-refractivity contribution >= 4 is 34.4 Å². The van der Waals surface area contributed by atoms with Gasteiger partial charge in [0.05, 0.1) is 12.8 Å². The van der Waals surface area contributed by atoms with Crippen molar-refractivity contribution in [2.24, 2.45) is 0 Å². The van der Waals surface area contributed by atoms with Crippen molar-refractivity contribution in [1.29, 1.82) is 0 Å². The average molecular weight is 484 g/mol. The number of nitrogens with zero attached hydrogens (tertiary/aromatic N) is 4. The zero-order valence-electron chi connectivity index (χ0n) is 19.1. The summed E-state index contributed by atoms with van der Waals surface area (Å²) in [5, 5.41) is 10.3. The van der Waals surface area contributed by atoms with Crippen LogP contribution in [0.15, 0.2) is 88.8 Å². The third-order valence-electron chi connectivity index (χ3n) is 6.40. The van der Waals surface area contributed by atoms with Crippen LogP contribution in [-0.4, -0.2) is 38.6 Å². The van der Waals surface area contributed by atoms with Crippen LogP contribution in [0.4, 0.5) is 5.95 Å². The molecule has 2 aromatic carbocycles. The number of aromatic nitrogens is 4. The molecule has 1 unspecified atom stereocenters. The van der Waals surface area contributed by atoms with Crippen LogP contribution >= 0.6 is 11.8 Å². The maximum Gasteiger partial charge on any atom is 0.228 e. The smallest absolute Gasteiger partial charge is 0.228 e. The first-order chi connectivity index (χ1) is 17.3.